The molecular weight excluding hydrogens is 535 g/mol. The molecule has 39 heavy (non-hydrogen) atoms. The lowest BCUT2D eigenvalue weighted by atomic mass is 9.55. The Kier molecular flexibility index (Phi) is 8.19. The van der Waals surface area contributed by atoms with Gasteiger partial charge in [0, 0.05) is 38.5 Å². The van der Waals surface area contributed by atoms with Crippen LogP contribution in [0.2, 0.25) is 10.0 Å². The van der Waals surface area contributed by atoms with E-state index >= 15 is 0 Å². The number of likely N-dealkylation sites (N-methyl/N-ethyl adjacent to an activating group) is 1. The van der Waals surface area contributed by atoms with Gasteiger partial charge in [0.05, 0.1) is 23.6 Å². The van der Waals surface area contributed by atoms with Gasteiger partial charge >= 0.3 is 5.97 Å². The van der Waals surface area contributed by atoms with Crippen molar-refractivity contribution in [3.05, 3.63) is 63.6 Å². The molecule has 3 fully saturated rings. The fraction of sp³-hybridized carbons (Fsp3) is 0.548. The van der Waals surface area contributed by atoms with Crippen molar-refractivity contribution < 1.29 is 19.1 Å². The van der Waals surface area contributed by atoms with E-state index in [0.29, 0.717) is 29.4 Å². The van der Waals surface area contributed by atoms with E-state index < -0.39 is 11.0 Å². The van der Waals surface area contributed by atoms with Crippen molar-refractivity contribution in [3.8, 4) is 5.75 Å². The molecule has 3 aliphatic rings. The van der Waals surface area contributed by atoms with Gasteiger partial charge < -0.3 is 14.4 Å². The van der Waals surface area contributed by atoms with Crippen LogP contribution >= 0.6 is 23.2 Å². The SMILES string of the molecule is COc1cccc([C@@]23CCN(CC4CC4)C[C@@]2(OC(C)=O)CC[C@@H](N(C)C(=O)Cc2ccc(Cl)c(Cl)c2)C3)c1. The number of ether oxygens (including phenoxy) is 2. The molecule has 0 unspecified atom stereocenters. The van der Waals surface area contributed by atoms with Crippen LogP contribution < -0.4 is 4.74 Å². The van der Waals surface area contributed by atoms with E-state index in [4.69, 9.17) is 32.7 Å². The topological polar surface area (TPSA) is 59.1 Å². The number of piperidine rings is 1. The average Bonchev–Trinajstić information content (AvgIpc) is 3.73. The summed E-state index contributed by atoms with van der Waals surface area (Å²) in [6.07, 6.45) is 5.85. The highest BCUT2D eigenvalue weighted by molar-refractivity contribution is 6.42. The minimum absolute atomic E-state index is 0.00476. The predicted octanol–water partition coefficient (Wildman–Crippen LogP) is 5.91. The zero-order valence-corrected chi connectivity index (χ0v) is 24.6. The monoisotopic (exact) mass is 572 g/mol. The quantitative estimate of drug-likeness (QED) is 0.368. The molecule has 2 aromatic rings. The number of hydrogen-bond acceptors (Lipinski definition) is 5. The van der Waals surface area contributed by atoms with Crippen molar-refractivity contribution in [2.45, 2.75) is 68.9 Å². The van der Waals surface area contributed by atoms with Crippen LogP contribution in [-0.2, 0) is 26.2 Å². The van der Waals surface area contributed by atoms with Gasteiger partial charge in [0.15, 0.2) is 0 Å². The van der Waals surface area contributed by atoms with E-state index in [1.165, 1.54) is 19.8 Å². The van der Waals surface area contributed by atoms with E-state index in [1.807, 2.05) is 30.1 Å². The smallest absolute Gasteiger partial charge is 0.303 e. The first-order chi connectivity index (χ1) is 18.6. The summed E-state index contributed by atoms with van der Waals surface area (Å²) in [7, 11) is 3.57. The maximum atomic E-state index is 13.5. The lowest BCUT2D eigenvalue weighted by molar-refractivity contribution is -0.190. The molecule has 5 rings (SSSR count). The summed E-state index contributed by atoms with van der Waals surface area (Å²) in [5.41, 5.74) is 0.850. The fourth-order valence-corrected chi connectivity index (χ4v) is 7.21. The molecule has 0 radical (unpaired) electrons. The number of carbonyl (C=O) groups excluding carboxylic acids is 2. The van der Waals surface area contributed by atoms with Crippen LogP contribution in [0.1, 0.15) is 56.6 Å². The Hall–Kier alpha value is -2.28. The summed E-state index contributed by atoms with van der Waals surface area (Å²) in [5, 5.41) is 0.923. The third-order valence-corrected chi connectivity index (χ3v) is 9.87. The fourth-order valence-electron chi connectivity index (χ4n) is 6.89. The number of likely N-dealkylation sites (tertiary alicyclic amines) is 1. The molecule has 0 bridgehead atoms. The van der Waals surface area contributed by atoms with Crippen LogP contribution in [0.4, 0.5) is 0 Å². The van der Waals surface area contributed by atoms with E-state index in [0.717, 1.165) is 48.7 Å². The van der Waals surface area contributed by atoms with Crippen LogP contribution in [0.25, 0.3) is 0 Å². The van der Waals surface area contributed by atoms with Crippen molar-refractivity contribution in [3.63, 3.8) is 0 Å². The molecule has 2 aromatic carbocycles. The van der Waals surface area contributed by atoms with Gasteiger partial charge in [0.2, 0.25) is 5.91 Å². The highest BCUT2D eigenvalue weighted by atomic mass is 35.5. The number of methoxy groups -OCH3 is 1. The van der Waals surface area contributed by atoms with Gasteiger partial charge in [0.25, 0.3) is 0 Å². The first-order valence-corrected chi connectivity index (χ1v) is 14.7. The molecule has 0 spiro atoms. The molecule has 1 saturated heterocycles. The Morgan fingerprint density at radius 3 is 2.56 bits per heavy atom. The summed E-state index contributed by atoms with van der Waals surface area (Å²) in [5.74, 6) is 1.32. The average molecular weight is 574 g/mol. The number of fused-ring (bicyclic) bond motifs is 1. The summed E-state index contributed by atoms with van der Waals surface area (Å²) in [6, 6.07) is 13.5. The Morgan fingerprint density at radius 1 is 1.08 bits per heavy atom. The number of rotatable bonds is 8. The minimum atomic E-state index is -0.664. The van der Waals surface area contributed by atoms with Crippen molar-refractivity contribution in [1.29, 1.82) is 0 Å². The molecule has 3 atom stereocenters. The zero-order valence-electron chi connectivity index (χ0n) is 23.1. The van der Waals surface area contributed by atoms with Gasteiger partial charge in [-0.15, -0.1) is 0 Å². The molecule has 1 amide bonds. The van der Waals surface area contributed by atoms with Gasteiger partial charge in [-0.05, 0) is 86.4 Å². The second-order valence-electron chi connectivity index (χ2n) is 11.7. The number of carbonyl (C=O) groups is 2. The van der Waals surface area contributed by atoms with E-state index in [2.05, 4.69) is 17.0 Å². The van der Waals surface area contributed by atoms with Crippen molar-refractivity contribution >= 4 is 35.1 Å². The molecule has 1 heterocycles. The van der Waals surface area contributed by atoms with Crippen LogP contribution in [0.3, 0.4) is 0 Å². The van der Waals surface area contributed by atoms with Gasteiger partial charge in [-0.1, -0.05) is 41.4 Å². The second-order valence-corrected chi connectivity index (χ2v) is 12.5. The molecule has 210 valence electrons. The highest BCUT2D eigenvalue weighted by Crippen LogP contribution is 2.55. The lowest BCUT2D eigenvalue weighted by Crippen LogP contribution is -2.68. The largest absolute Gasteiger partial charge is 0.497 e. The van der Waals surface area contributed by atoms with Crippen molar-refractivity contribution in [1.82, 2.24) is 9.80 Å². The van der Waals surface area contributed by atoms with E-state index in [-0.39, 0.29) is 24.3 Å². The summed E-state index contributed by atoms with van der Waals surface area (Å²) < 4.78 is 12.0. The van der Waals surface area contributed by atoms with Gasteiger partial charge in [-0.2, -0.15) is 0 Å². The molecule has 2 saturated carbocycles. The maximum Gasteiger partial charge on any atom is 0.303 e. The molecular formula is C31H38Cl2N2O4. The van der Waals surface area contributed by atoms with E-state index in [1.54, 1.807) is 19.2 Å². The third-order valence-electron chi connectivity index (χ3n) is 9.13. The predicted molar refractivity (Wildman–Crippen MR) is 154 cm³/mol. The van der Waals surface area contributed by atoms with Crippen molar-refractivity contribution in [2.75, 3.05) is 33.8 Å². The molecule has 2 aliphatic carbocycles. The van der Waals surface area contributed by atoms with Gasteiger partial charge in [0.1, 0.15) is 11.4 Å². The first kappa shape index (κ1) is 28.3. The third kappa shape index (κ3) is 5.79. The molecule has 1 aliphatic heterocycles. The number of halogens is 2. The molecule has 8 heteroatoms. The number of nitrogens with zero attached hydrogens (tertiary/aromatic N) is 2. The molecule has 0 N–H and O–H groups in total. The highest BCUT2D eigenvalue weighted by Gasteiger charge is 2.61. The summed E-state index contributed by atoms with van der Waals surface area (Å²) in [6.45, 7) is 4.23. The van der Waals surface area contributed by atoms with Crippen molar-refractivity contribution in [2.24, 2.45) is 5.92 Å². The Labute approximate surface area is 241 Å². The Bertz CT molecular complexity index is 1230. The summed E-state index contributed by atoms with van der Waals surface area (Å²) >= 11 is 12.3. The van der Waals surface area contributed by atoms with Crippen LogP contribution in [0.5, 0.6) is 5.75 Å². The minimum Gasteiger partial charge on any atom is -0.497 e. The normalized spacial score (nSPS) is 26.9. The Morgan fingerprint density at radius 2 is 1.87 bits per heavy atom. The van der Waals surface area contributed by atoms with Gasteiger partial charge in [-0.3, -0.25) is 14.5 Å². The number of benzene rings is 2. The van der Waals surface area contributed by atoms with Crippen LogP contribution in [0, 0.1) is 5.92 Å². The lowest BCUT2D eigenvalue weighted by Gasteiger charge is -2.60. The van der Waals surface area contributed by atoms with Crippen LogP contribution in [0.15, 0.2) is 42.5 Å². The maximum absolute atomic E-state index is 13.5. The number of amides is 1. The first-order valence-electron chi connectivity index (χ1n) is 13.9. The number of esters is 1. The standard InChI is InChI=1S/C31H38Cl2N2O4/c1-21(36)39-31-12-11-25(34(2)29(37)16-23-9-10-27(32)28(33)15-23)18-30(31,24-5-4-6-26(17-24)38-3)13-14-35(20-31)19-22-7-8-22/h4-6,9-10,15,17,22,25H,7-8,11-14,16,18-20H2,1-3H3/t25-,30+,31+/m1/s1. The zero-order chi connectivity index (χ0) is 27.8. The summed E-state index contributed by atoms with van der Waals surface area (Å²) in [4.78, 5) is 30.5. The molecule has 0 aromatic heterocycles. The molecule has 6 nitrogen and oxygen atoms in total. The van der Waals surface area contributed by atoms with Gasteiger partial charge in [-0.25, -0.2) is 0 Å². The number of hydrogen-bond donors (Lipinski definition) is 0. The van der Waals surface area contributed by atoms with Crippen LogP contribution in [-0.4, -0.2) is 67.1 Å². The second kappa shape index (κ2) is 11.3. The van der Waals surface area contributed by atoms with E-state index in [9.17, 15) is 9.59 Å². The Balaban J connectivity index is 1.47.